The molecule has 3 N–H and O–H groups in total. The molecule has 1 aliphatic heterocycles. The molecule has 0 atom stereocenters. The van der Waals surface area contributed by atoms with E-state index in [9.17, 15) is 23.1 Å². The highest BCUT2D eigenvalue weighted by atomic mass is 32.2. The fourth-order valence-electron chi connectivity index (χ4n) is 4.96. The number of anilines is 2. The maximum absolute atomic E-state index is 13.2. The van der Waals surface area contributed by atoms with Crippen molar-refractivity contribution in [1.82, 2.24) is 9.80 Å². The average Bonchev–Trinajstić information content (AvgIpc) is 2.95. The first-order valence-electron chi connectivity index (χ1n) is 14.1. The summed E-state index contributed by atoms with van der Waals surface area (Å²) in [7, 11) is -3.33. The van der Waals surface area contributed by atoms with Gasteiger partial charge in [-0.1, -0.05) is 31.5 Å². The summed E-state index contributed by atoms with van der Waals surface area (Å²) in [6.07, 6.45) is 4.70. The van der Waals surface area contributed by atoms with Gasteiger partial charge < -0.3 is 20.1 Å². The van der Waals surface area contributed by atoms with Gasteiger partial charge >= 0.3 is 12.0 Å². The molecule has 1 aliphatic rings. The number of ether oxygens (including phenoxy) is 1. The van der Waals surface area contributed by atoms with Crippen LogP contribution in [0.2, 0.25) is 0 Å². The molecule has 2 amide bonds. The molecule has 0 unspecified atom stereocenters. The molecule has 3 aromatic rings. The van der Waals surface area contributed by atoms with Crippen LogP contribution in [0.25, 0.3) is 0 Å². The van der Waals surface area contributed by atoms with Gasteiger partial charge in [0.25, 0.3) is 0 Å². The minimum Gasteiger partial charge on any atom is -0.478 e. The van der Waals surface area contributed by atoms with Crippen molar-refractivity contribution in [2.24, 2.45) is 0 Å². The van der Waals surface area contributed by atoms with Crippen LogP contribution in [0.1, 0.15) is 48.5 Å². The maximum atomic E-state index is 13.2. The standard InChI is InChI=1S/C31H38N4O6S/c1-3-4-18-35(31(38)32-26-7-5-6-24(21-26)30(36)37)27-16-19-34(20-17-27)22-23-8-12-28(13-9-23)41-29-14-10-25(11-15-29)33-42(2,39)40/h5-15,21,27,33H,3-4,16-20,22H2,1-2H3,(H,32,38)(H,36,37). The number of hydrogen-bond acceptors (Lipinski definition) is 6. The van der Waals surface area contributed by atoms with Crippen LogP contribution in [0.5, 0.6) is 11.5 Å². The highest BCUT2D eigenvalue weighted by molar-refractivity contribution is 7.92. The van der Waals surface area contributed by atoms with Gasteiger partial charge in [0.1, 0.15) is 11.5 Å². The van der Waals surface area contributed by atoms with E-state index in [-0.39, 0.29) is 17.6 Å². The summed E-state index contributed by atoms with van der Waals surface area (Å²) < 4.78 is 31.1. The SMILES string of the molecule is CCCCN(C(=O)Nc1cccc(C(=O)O)c1)C1CCN(Cc2ccc(Oc3ccc(NS(C)(=O)=O)cc3)cc2)CC1. The summed E-state index contributed by atoms with van der Waals surface area (Å²) in [5, 5.41) is 12.2. The highest BCUT2D eigenvalue weighted by Crippen LogP contribution is 2.25. The lowest BCUT2D eigenvalue weighted by Crippen LogP contribution is -2.49. The second-order valence-corrected chi connectivity index (χ2v) is 12.3. The zero-order valence-corrected chi connectivity index (χ0v) is 24.8. The van der Waals surface area contributed by atoms with Gasteiger partial charge in [-0.2, -0.15) is 0 Å². The van der Waals surface area contributed by atoms with Crippen LogP contribution in [-0.4, -0.2) is 67.3 Å². The lowest BCUT2D eigenvalue weighted by molar-refractivity contribution is 0.0696. The second kappa shape index (κ2) is 14.2. The van der Waals surface area contributed by atoms with Gasteiger partial charge in [-0.25, -0.2) is 18.0 Å². The number of unbranched alkanes of at least 4 members (excludes halogenated alkanes) is 1. The van der Waals surface area contributed by atoms with Crippen molar-refractivity contribution in [2.75, 3.05) is 35.9 Å². The Hall–Kier alpha value is -4.09. The summed E-state index contributed by atoms with van der Waals surface area (Å²) in [5.41, 5.74) is 2.25. The van der Waals surface area contributed by atoms with Gasteiger partial charge in [0.15, 0.2) is 0 Å². The molecule has 0 radical (unpaired) electrons. The van der Waals surface area contributed by atoms with Crippen molar-refractivity contribution in [3.05, 3.63) is 83.9 Å². The highest BCUT2D eigenvalue weighted by Gasteiger charge is 2.28. The van der Waals surface area contributed by atoms with Crippen molar-refractivity contribution in [2.45, 2.75) is 45.2 Å². The number of carbonyl (C=O) groups is 2. The first kappa shape index (κ1) is 30.9. The number of piperidine rings is 1. The lowest BCUT2D eigenvalue weighted by atomic mass is 10.0. The van der Waals surface area contributed by atoms with Crippen LogP contribution in [0.4, 0.5) is 16.2 Å². The molecule has 10 nitrogen and oxygen atoms in total. The van der Waals surface area contributed by atoms with Crippen molar-refractivity contribution >= 4 is 33.4 Å². The third-order valence-corrected chi connectivity index (χ3v) is 7.70. The quantitative estimate of drug-likeness (QED) is 0.240. The molecule has 1 fully saturated rings. The number of benzene rings is 3. The van der Waals surface area contributed by atoms with Crippen molar-refractivity contribution in [1.29, 1.82) is 0 Å². The Kier molecular flexibility index (Phi) is 10.4. The number of sulfonamides is 1. The molecular formula is C31H38N4O6S. The molecule has 0 aliphatic carbocycles. The molecular weight excluding hydrogens is 556 g/mol. The Balaban J connectivity index is 1.29. The summed E-state index contributed by atoms with van der Waals surface area (Å²) in [6.45, 7) is 5.27. The molecule has 3 aromatic carbocycles. The molecule has 11 heteroatoms. The molecule has 42 heavy (non-hydrogen) atoms. The zero-order valence-electron chi connectivity index (χ0n) is 24.0. The van der Waals surface area contributed by atoms with E-state index in [0.29, 0.717) is 29.4 Å². The van der Waals surface area contributed by atoms with Crippen LogP contribution < -0.4 is 14.8 Å². The van der Waals surface area contributed by atoms with Gasteiger partial charge in [0.2, 0.25) is 10.0 Å². The van der Waals surface area contributed by atoms with E-state index in [2.05, 4.69) is 21.9 Å². The Bertz CT molecular complexity index is 1450. The summed E-state index contributed by atoms with van der Waals surface area (Å²) in [6, 6.07) is 20.9. The number of hydrogen-bond donors (Lipinski definition) is 3. The van der Waals surface area contributed by atoms with E-state index in [0.717, 1.165) is 57.1 Å². The van der Waals surface area contributed by atoms with Gasteiger partial charge in [0.05, 0.1) is 11.8 Å². The topological polar surface area (TPSA) is 128 Å². The molecule has 0 bridgehead atoms. The first-order chi connectivity index (χ1) is 20.1. The number of carbonyl (C=O) groups excluding carboxylic acids is 1. The number of carboxylic acids is 1. The zero-order chi connectivity index (χ0) is 30.1. The number of urea groups is 1. The van der Waals surface area contributed by atoms with Crippen LogP contribution in [-0.2, 0) is 16.6 Å². The van der Waals surface area contributed by atoms with Crippen LogP contribution >= 0.6 is 0 Å². The predicted molar refractivity (Wildman–Crippen MR) is 164 cm³/mol. The normalized spacial score (nSPS) is 14.2. The number of rotatable bonds is 12. The number of nitrogens with one attached hydrogen (secondary N) is 2. The van der Waals surface area contributed by atoms with Gasteiger partial charge in [-0.15, -0.1) is 0 Å². The van der Waals surface area contributed by atoms with Crippen molar-refractivity contribution in [3.8, 4) is 11.5 Å². The third kappa shape index (κ3) is 9.22. The minimum atomic E-state index is -3.33. The van der Waals surface area contributed by atoms with Crippen LogP contribution in [0.3, 0.4) is 0 Å². The number of carboxylic acid groups (broad SMARTS) is 1. The Morgan fingerprint density at radius 1 is 0.976 bits per heavy atom. The van der Waals surface area contributed by atoms with Gasteiger partial charge in [-0.3, -0.25) is 9.62 Å². The largest absolute Gasteiger partial charge is 0.478 e. The number of likely N-dealkylation sites (tertiary alicyclic amines) is 1. The molecule has 0 aromatic heterocycles. The second-order valence-electron chi connectivity index (χ2n) is 10.5. The van der Waals surface area contributed by atoms with E-state index in [1.165, 1.54) is 12.1 Å². The van der Waals surface area contributed by atoms with Crippen molar-refractivity contribution < 1.29 is 27.9 Å². The molecule has 1 saturated heterocycles. The third-order valence-electron chi connectivity index (χ3n) is 7.09. The number of nitrogens with zero attached hydrogens (tertiary/aromatic N) is 2. The van der Waals surface area contributed by atoms with Crippen LogP contribution in [0.15, 0.2) is 72.8 Å². The average molecular weight is 595 g/mol. The van der Waals surface area contributed by atoms with Crippen molar-refractivity contribution in [3.63, 3.8) is 0 Å². The fourth-order valence-corrected chi connectivity index (χ4v) is 5.52. The lowest BCUT2D eigenvalue weighted by Gasteiger charge is -2.38. The predicted octanol–water partition coefficient (Wildman–Crippen LogP) is 5.85. The summed E-state index contributed by atoms with van der Waals surface area (Å²) in [5.74, 6) is 0.266. The van der Waals surface area contributed by atoms with E-state index in [1.54, 1.807) is 36.4 Å². The molecule has 0 spiro atoms. The monoisotopic (exact) mass is 594 g/mol. The number of aromatic carboxylic acids is 1. The molecule has 0 saturated carbocycles. The minimum absolute atomic E-state index is 0.116. The Morgan fingerprint density at radius 2 is 1.62 bits per heavy atom. The van der Waals surface area contributed by atoms with E-state index in [4.69, 9.17) is 4.74 Å². The first-order valence-corrected chi connectivity index (χ1v) is 16.0. The van der Waals surface area contributed by atoms with E-state index < -0.39 is 16.0 Å². The molecule has 224 valence electrons. The fraction of sp³-hybridized carbons (Fsp3) is 0.355. The summed E-state index contributed by atoms with van der Waals surface area (Å²) >= 11 is 0. The van der Waals surface area contributed by atoms with Crippen LogP contribution in [0, 0.1) is 0 Å². The maximum Gasteiger partial charge on any atom is 0.335 e. The van der Waals surface area contributed by atoms with Gasteiger partial charge in [0, 0.05) is 43.6 Å². The smallest absolute Gasteiger partial charge is 0.335 e. The molecule has 4 rings (SSSR count). The Labute approximate surface area is 247 Å². The molecule has 1 heterocycles. The Morgan fingerprint density at radius 3 is 2.21 bits per heavy atom. The summed E-state index contributed by atoms with van der Waals surface area (Å²) in [4.78, 5) is 28.8. The van der Waals surface area contributed by atoms with E-state index in [1.807, 2.05) is 29.2 Å². The number of amides is 2. The van der Waals surface area contributed by atoms with E-state index >= 15 is 0 Å². The van der Waals surface area contributed by atoms with Gasteiger partial charge in [-0.05, 0) is 79.4 Å².